The van der Waals surface area contributed by atoms with Crippen LogP contribution in [0, 0.1) is 13.8 Å². The van der Waals surface area contributed by atoms with E-state index in [1.165, 1.54) is 10.9 Å². The fraction of sp³-hybridized carbons (Fsp3) is 0.222. The van der Waals surface area contributed by atoms with Gasteiger partial charge in [-0.25, -0.2) is 0 Å². The van der Waals surface area contributed by atoms with Gasteiger partial charge in [0, 0.05) is 23.3 Å². The molecule has 2 aromatic heterocycles. The molecule has 0 aliphatic heterocycles. The molecule has 0 saturated heterocycles. The fourth-order valence-electron chi connectivity index (χ4n) is 2.83. The van der Waals surface area contributed by atoms with E-state index in [2.05, 4.69) is 15.4 Å². The molecule has 0 unspecified atom stereocenters. The van der Waals surface area contributed by atoms with Gasteiger partial charge in [0.05, 0.1) is 11.9 Å². The molecule has 3 rings (SSSR count). The number of nitrogens with zero attached hydrogens (tertiary/aromatic N) is 3. The summed E-state index contributed by atoms with van der Waals surface area (Å²) in [7, 11) is 0. The number of hydrogen-bond acceptors (Lipinski definition) is 4. The lowest BCUT2D eigenvalue weighted by Gasteiger charge is -2.12. The number of carboxylic acid groups (broad SMARTS) is 1. The van der Waals surface area contributed by atoms with Crippen LogP contribution in [-0.2, 0) is 22.6 Å². The predicted molar refractivity (Wildman–Crippen MR) is 93.4 cm³/mol. The molecule has 0 radical (unpaired) electrons. The predicted octanol–water partition coefficient (Wildman–Crippen LogP) is 2.31. The number of benzene rings is 1. The van der Waals surface area contributed by atoms with Gasteiger partial charge in [0.1, 0.15) is 6.54 Å². The van der Waals surface area contributed by atoms with Gasteiger partial charge in [-0.2, -0.15) is 5.10 Å². The number of aliphatic carboxylic acids is 1. The topological polar surface area (TPSA) is 97.1 Å². The van der Waals surface area contributed by atoms with E-state index in [1.54, 1.807) is 6.07 Å². The summed E-state index contributed by atoms with van der Waals surface area (Å²) in [6, 6.07) is 9.40. The molecular formula is C18H18N4O3. The number of amides is 1. The van der Waals surface area contributed by atoms with Crippen molar-refractivity contribution in [2.75, 3.05) is 5.32 Å². The molecule has 1 aromatic carbocycles. The Balaban J connectivity index is 1.78. The van der Waals surface area contributed by atoms with E-state index in [-0.39, 0.29) is 18.9 Å². The minimum atomic E-state index is -0.991. The fourth-order valence-corrected chi connectivity index (χ4v) is 2.83. The number of carboxylic acids is 1. The highest BCUT2D eigenvalue weighted by Crippen LogP contribution is 2.23. The molecule has 0 atom stereocenters. The third-order valence-electron chi connectivity index (χ3n) is 4.03. The number of para-hydroxylation sites is 1. The Morgan fingerprint density at radius 2 is 1.96 bits per heavy atom. The number of anilines is 1. The van der Waals surface area contributed by atoms with Crippen molar-refractivity contribution in [3.8, 4) is 0 Å². The van der Waals surface area contributed by atoms with E-state index in [0.29, 0.717) is 5.82 Å². The van der Waals surface area contributed by atoms with Crippen molar-refractivity contribution in [3.05, 3.63) is 53.3 Å². The van der Waals surface area contributed by atoms with E-state index in [9.17, 15) is 9.59 Å². The molecule has 25 heavy (non-hydrogen) atoms. The van der Waals surface area contributed by atoms with Gasteiger partial charge < -0.3 is 10.4 Å². The van der Waals surface area contributed by atoms with Crippen molar-refractivity contribution < 1.29 is 14.7 Å². The second kappa shape index (κ2) is 6.72. The quantitative estimate of drug-likeness (QED) is 0.744. The second-order valence-electron chi connectivity index (χ2n) is 5.84. The highest BCUT2D eigenvalue weighted by Gasteiger charge is 2.14. The number of aryl methyl sites for hydroxylation is 2. The van der Waals surface area contributed by atoms with Gasteiger partial charge in [0.15, 0.2) is 5.82 Å². The van der Waals surface area contributed by atoms with Crippen LogP contribution in [0.1, 0.15) is 16.8 Å². The monoisotopic (exact) mass is 338 g/mol. The molecule has 2 heterocycles. The molecule has 7 heteroatoms. The van der Waals surface area contributed by atoms with Gasteiger partial charge in [-0.15, -0.1) is 0 Å². The lowest BCUT2D eigenvalue weighted by molar-refractivity contribution is -0.137. The van der Waals surface area contributed by atoms with Crippen LogP contribution in [0.3, 0.4) is 0 Å². The Kier molecular flexibility index (Phi) is 4.47. The summed E-state index contributed by atoms with van der Waals surface area (Å²) >= 11 is 0. The van der Waals surface area contributed by atoms with Crippen molar-refractivity contribution in [3.63, 3.8) is 0 Å². The van der Waals surface area contributed by atoms with Crippen LogP contribution in [0.2, 0.25) is 0 Å². The number of hydrogen-bond donors (Lipinski definition) is 2. The molecule has 0 aliphatic carbocycles. The summed E-state index contributed by atoms with van der Waals surface area (Å²) in [5, 5.41) is 16.5. The van der Waals surface area contributed by atoms with Crippen molar-refractivity contribution in [2.24, 2.45) is 0 Å². The number of nitrogens with one attached hydrogen (secondary N) is 1. The van der Waals surface area contributed by atoms with Crippen molar-refractivity contribution in [2.45, 2.75) is 26.8 Å². The van der Waals surface area contributed by atoms with Crippen LogP contribution in [0.4, 0.5) is 5.82 Å². The van der Waals surface area contributed by atoms with Crippen molar-refractivity contribution in [1.29, 1.82) is 0 Å². The molecule has 0 saturated carbocycles. The van der Waals surface area contributed by atoms with Gasteiger partial charge in [0.25, 0.3) is 0 Å². The summed E-state index contributed by atoms with van der Waals surface area (Å²) in [6.07, 6.45) is 1.69. The molecule has 2 N–H and O–H groups in total. The lowest BCUT2D eigenvalue weighted by atomic mass is 9.99. The van der Waals surface area contributed by atoms with Crippen LogP contribution in [-0.4, -0.2) is 31.7 Å². The van der Waals surface area contributed by atoms with Crippen LogP contribution in [0.25, 0.3) is 10.9 Å². The summed E-state index contributed by atoms with van der Waals surface area (Å²) in [4.78, 5) is 27.6. The first-order valence-electron chi connectivity index (χ1n) is 7.84. The maximum atomic E-state index is 12.3. The van der Waals surface area contributed by atoms with E-state index >= 15 is 0 Å². The highest BCUT2D eigenvalue weighted by molar-refractivity contribution is 5.93. The molecule has 1 amide bonds. The molecule has 7 nitrogen and oxygen atoms in total. The Labute approximate surface area is 144 Å². The molecule has 0 fully saturated rings. The number of pyridine rings is 1. The Morgan fingerprint density at radius 3 is 2.72 bits per heavy atom. The normalized spacial score (nSPS) is 10.8. The largest absolute Gasteiger partial charge is 0.480 e. The van der Waals surface area contributed by atoms with E-state index in [0.717, 1.165) is 27.7 Å². The molecule has 0 aliphatic rings. The SMILES string of the molecule is Cc1nc2ccccc2c(C)c1CC(=O)Nc1ccn(CC(=O)O)n1. The maximum absolute atomic E-state index is 12.3. The molecular weight excluding hydrogens is 320 g/mol. The minimum Gasteiger partial charge on any atom is -0.480 e. The van der Waals surface area contributed by atoms with Crippen LogP contribution >= 0.6 is 0 Å². The Bertz CT molecular complexity index is 962. The maximum Gasteiger partial charge on any atom is 0.325 e. The first-order chi connectivity index (χ1) is 11.9. The van der Waals surface area contributed by atoms with E-state index < -0.39 is 5.97 Å². The van der Waals surface area contributed by atoms with Gasteiger partial charge in [-0.1, -0.05) is 18.2 Å². The molecule has 0 spiro atoms. The lowest BCUT2D eigenvalue weighted by Crippen LogP contribution is -2.17. The first-order valence-corrected chi connectivity index (χ1v) is 7.84. The summed E-state index contributed by atoms with van der Waals surface area (Å²) in [6.45, 7) is 3.63. The third-order valence-corrected chi connectivity index (χ3v) is 4.03. The zero-order valence-corrected chi connectivity index (χ0v) is 14.0. The van der Waals surface area contributed by atoms with E-state index in [4.69, 9.17) is 5.11 Å². The molecule has 0 bridgehead atoms. The average Bonchev–Trinajstić information content (AvgIpc) is 2.97. The van der Waals surface area contributed by atoms with Gasteiger partial charge in [-0.05, 0) is 31.0 Å². The first kappa shape index (κ1) is 16.6. The highest BCUT2D eigenvalue weighted by atomic mass is 16.4. The number of carbonyl (C=O) groups excluding carboxylic acids is 1. The van der Waals surface area contributed by atoms with Gasteiger partial charge in [-0.3, -0.25) is 19.3 Å². The van der Waals surface area contributed by atoms with E-state index in [1.807, 2.05) is 38.1 Å². The zero-order valence-electron chi connectivity index (χ0n) is 14.0. The second-order valence-corrected chi connectivity index (χ2v) is 5.84. The van der Waals surface area contributed by atoms with Crippen LogP contribution < -0.4 is 5.32 Å². The van der Waals surface area contributed by atoms with Gasteiger partial charge >= 0.3 is 5.97 Å². The number of rotatable bonds is 5. The Hall–Kier alpha value is -3.22. The average molecular weight is 338 g/mol. The number of aromatic nitrogens is 3. The Morgan fingerprint density at radius 1 is 1.20 bits per heavy atom. The smallest absolute Gasteiger partial charge is 0.325 e. The van der Waals surface area contributed by atoms with Crippen LogP contribution in [0.5, 0.6) is 0 Å². The summed E-state index contributed by atoms with van der Waals surface area (Å²) in [5.41, 5.74) is 3.66. The van der Waals surface area contributed by atoms with Gasteiger partial charge in [0.2, 0.25) is 5.91 Å². The molecule has 3 aromatic rings. The minimum absolute atomic E-state index is 0.182. The standard InChI is InChI=1S/C18H18N4O3/c1-11-13-5-3-4-6-15(13)19-12(2)14(11)9-17(23)20-16-7-8-22(21-16)10-18(24)25/h3-8H,9-10H2,1-2H3,(H,24,25)(H,20,21,23). The number of carbonyl (C=O) groups is 2. The number of fused-ring (bicyclic) bond motifs is 1. The molecule has 128 valence electrons. The van der Waals surface area contributed by atoms with Crippen LogP contribution in [0.15, 0.2) is 36.5 Å². The van der Waals surface area contributed by atoms with Crippen molar-refractivity contribution in [1.82, 2.24) is 14.8 Å². The summed E-state index contributed by atoms with van der Waals surface area (Å²) < 4.78 is 1.26. The zero-order chi connectivity index (χ0) is 18.0. The van der Waals surface area contributed by atoms with Crippen molar-refractivity contribution >= 4 is 28.6 Å². The summed E-state index contributed by atoms with van der Waals surface area (Å²) in [5.74, 6) is -0.881. The third kappa shape index (κ3) is 3.65.